The first-order valence-corrected chi connectivity index (χ1v) is 36.4. The molecule has 0 saturated heterocycles. The Kier molecular flexibility index (Phi) is 14.3. The first-order valence-electron chi connectivity index (χ1n) is 34.4. The van der Waals surface area contributed by atoms with Crippen molar-refractivity contribution in [2.45, 2.75) is 71.6 Å². The van der Waals surface area contributed by atoms with Crippen LogP contribution in [-0.4, -0.2) is 8.07 Å². The molecule has 16 aromatic rings. The molecule has 0 aliphatic heterocycles. The monoisotopic (exact) mass is 1280 g/mol. The summed E-state index contributed by atoms with van der Waals surface area (Å²) in [5.74, 6) is 0. The molecule has 98 heavy (non-hydrogen) atoms. The fourth-order valence-electron chi connectivity index (χ4n) is 16.0. The lowest BCUT2D eigenvalue weighted by Gasteiger charge is -2.34. The second-order valence-electron chi connectivity index (χ2n) is 29.1. The maximum absolute atomic E-state index is 7.41. The Morgan fingerprint density at radius 1 is 0.306 bits per heavy atom. The van der Waals surface area contributed by atoms with Gasteiger partial charge in [-0.15, -0.1) is 0 Å². The van der Waals surface area contributed by atoms with Crippen molar-refractivity contribution in [2.75, 3.05) is 9.80 Å². The minimum absolute atomic E-state index is 0.0259. The summed E-state index contributed by atoms with van der Waals surface area (Å²) in [5, 5.41) is 12.0. The number of para-hydroxylation sites is 2. The zero-order valence-corrected chi connectivity index (χ0v) is 57.7. The van der Waals surface area contributed by atoms with Gasteiger partial charge in [0.1, 0.15) is 11.2 Å². The molecule has 5 heteroatoms. The number of furan rings is 2. The Balaban J connectivity index is 0.862. The van der Waals surface area contributed by atoms with Gasteiger partial charge in [-0.05, 0) is 159 Å². The molecule has 14 aromatic carbocycles. The third-order valence-corrected chi connectivity index (χ3v) is 25.7. The second kappa shape index (κ2) is 23.3. The van der Waals surface area contributed by atoms with E-state index in [2.05, 4.69) is 381 Å². The lowest BCUT2D eigenvalue weighted by atomic mass is 9.81. The molecule has 0 atom stereocenters. The van der Waals surface area contributed by atoms with Gasteiger partial charge in [0, 0.05) is 49.4 Å². The number of nitrogens with zero attached hydrogens (tertiary/aromatic N) is 2. The zero-order valence-electron chi connectivity index (χ0n) is 56.7. The Morgan fingerprint density at radius 2 is 0.714 bits per heavy atom. The van der Waals surface area contributed by atoms with Crippen molar-refractivity contribution in [2.24, 2.45) is 0 Å². The van der Waals surface area contributed by atoms with Crippen LogP contribution in [0, 0.1) is 0 Å². The highest BCUT2D eigenvalue weighted by Gasteiger charge is 2.43. The summed E-state index contributed by atoms with van der Waals surface area (Å²) in [5.41, 5.74) is 21.1. The normalized spacial score (nSPS) is 13.0. The molecule has 2 aromatic heterocycles. The summed E-state index contributed by atoms with van der Waals surface area (Å²) >= 11 is 0. The summed E-state index contributed by atoms with van der Waals surface area (Å²) in [7, 11) is -2.89. The molecular weight excluding hydrogens is 1210 g/mol. The number of fused-ring (bicyclic) bond motifs is 11. The third kappa shape index (κ3) is 9.77. The van der Waals surface area contributed by atoms with E-state index in [-0.39, 0.29) is 10.8 Å². The minimum Gasteiger partial charge on any atom is -0.454 e. The molecule has 0 radical (unpaired) electrons. The Labute approximate surface area is 575 Å². The highest BCUT2D eigenvalue weighted by atomic mass is 28.3. The number of anilines is 6. The van der Waals surface area contributed by atoms with Gasteiger partial charge >= 0.3 is 0 Å². The molecular formula is C93H76N2O2Si. The topological polar surface area (TPSA) is 32.8 Å². The van der Waals surface area contributed by atoms with E-state index >= 15 is 0 Å². The van der Waals surface area contributed by atoms with Crippen molar-refractivity contribution in [3.05, 3.63) is 338 Å². The summed E-state index contributed by atoms with van der Waals surface area (Å²) in [6.07, 6.45) is 0. The average molecular weight is 1280 g/mol. The molecule has 0 saturated carbocycles. The number of benzene rings is 14. The molecule has 0 spiro atoms. The Bertz CT molecular complexity index is 5620. The summed E-state index contributed by atoms with van der Waals surface area (Å²) in [6, 6.07) is 117. The Hall–Kier alpha value is -11.2. The first-order chi connectivity index (χ1) is 47.6. The van der Waals surface area contributed by atoms with E-state index in [1.54, 1.807) is 0 Å². The van der Waals surface area contributed by atoms with Crippen LogP contribution in [0.25, 0.3) is 88.0 Å². The van der Waals surface area contributed by atoms with Crippen LogP contribution in [0.3, 0.4) is 0 Å². The van der Waals surface area contributed by atoms with Gasteiger partial charge in [-0.2, -0.15) is 0 Å². The molecule has 4 nitrogen and oxygen atoms in total. The summed E-state index contributed by atoms with van der Waals surface area (Å²) < 4.78 is 14.5. The second-order valence-corrected chi connectivity index (χ2v) is 33.0. The maximum atomic E-state index is 7.41. The summed E-state index contributed by atoms with van der Waals surface area (Å²) in [4.78, 5) is 4.91. The molecule has 0 fully saturated rings. The molecule has 0 bridgehead atoms. The maximum Gasteiger partial charge on any atom is 0.179 e. The average Bonchev–Trinajstić information content (AvgIpc) is 1.40. The lowest BCUT2D eigenvalue weighted by molar-refractivity contribution is 0.590. The van der Waals surface area contributed by atoms with Gasteiger partial charge in [0.2, 0.25) is 0 Å². The van der Waals surface area contributed by atoms with Crippen molar-refractivity contribution in [1.82, 2.24) is 0 Å². The molecule has 1 aliphatic carbocycles. The highest BCUT2D eigenvalue weighted by Crippen LogP contribution is 2.57. The van der Waals surface area contributed by atoms with Crippen LogP contribution >= 0.6 is 0 Å². The fourth-order valence-corrected chi connectivity index (χ4v) is 20.8. The van der Waals surface area contributed by atoms with Crippen molar-refractivity contribution >= 4 is 118 Å². The van der Waals surface area contributed by atoms with Gasteiger partial charge in [-0.25, -0.2) is 0 Å². The molecule has 17 rings (SSSR count). The smallest absolute Gasteiger partial charge is 0.179 e. The van der Waals surface area contributed by atoms with E-state index < -0.39 is 13.5 Å². The van der Waals surface area contributed by atoms with Gasteiger partial charge in [0.05, 0.1) is 17.1 Å². The lowest BCUT2D eigenvalue weighted by Crippen LogP contribution is -2.74. The van der Waals surface area contributed by atoms with E-state index in [1.807, 2.05) is 0 Å². The predicted octanol–water partition coefficient (Wildman–Crippen LogP) is 23.2. The van der Waals surface area contributed by atoms with Crippen LogP contribution in [0.5, 0.6) is 0 Å². The standard InChI is InChI=1S/C93H76N2O2Si/c1-91(2,3)63-44-48-65(49-45-63)94(81-56-54-72(61-28-13-9-14-29-61)87-77-40-23-25-42-84(77)96-89(81)87)67-52-53-76-79(59-67)93(7,8)80-60-83(74-38-21-22-39-75(74)86(76)80)95(66-50-46-64(47-51-66)92(4,5)6)82-57-55-73(88-78-41-24-26-43-85(78)97-90(82)88)62-30-27-37-71(58-62)98(68-31-15-10-16-32-68,69-33-17-11-18-34-69)70-35-19-12-20-36-70/h9-60H,1-8H3. The molecule has 2 heterocycles. The quantitative estimate of drug-likeness (QED) is 0.0901. The van der Waals surface area contributed by atoms with Crippen LogP contribution in [0.4, 0.5) is 34.1 Å². The van der Waals surface area contributed by atoms with Gasteiger partial charge < -0.3 is 18.6 Å². The molecule has 0 N–H and O–H groups in total. The predicted molar refractivity (Wildman–Crippen MR) is 417 cm³/mol. The number of hydrogen-bond acceptors (Lipinski definition) is 4. The van der Waals surface area contributed by atoms with E-state index in [4.69, 9.17) is 8.83 Å². The van der Waals surface area contributed by atoms with Crippen molar-refractivity contribution < 1.29 is 8.83 Å². The van der Waals surface area contributed by atoms with Crippen LogP contribution in [-0.2, 0) is 16.2 Å². The number of rotatable bonds is 12. The SMILES string of the molecule is CC(C)(C)c1ccc(N(c2ccc3c(c2)C(C)(C)c2cc(N(c4ccc(C(C)(C)C)cc4)c4ccc(-c5cccc([Si](c6ccccc6)(c6ccccc6)c6ccccc6)c5)c5c4oc4ccccc45)c4ccccc4c2-3)c2ccc(-c3ccccc3)c3c2oc2ccccc23)cc1. The van der Waals surface area contributed by atoms with Crippen molar-refractivity contribution in [3.8, 4) is 33.4 Å². The molecule has 1 aliphatic rings. The summed E-state index contributed by atoms with van der Waals surface area (Å²) in [6.45, 7) is 18.6. The Morgan fingerprint density at radius 3 is 1.23 bits per heavy atom. The van der Waals surface area contributed by atoms with Gasteiger partial charge in [-0.1, -0.05) is 304 Å². The van der Waals surface area contributed by atoms with Crippen LogP contribution in [0.2, 0.25) is 0 Å². The molecule has 0 amide bonds. The van der Waals surface area contributed by atoms with E-state index in [9.17, 15) is 0 Å². The largest absolute Gasteiger partial charge is 0.454 e. The molecule has 474 valence electrons. The fraction of sp³-hybridized carbons (Fsp3) is 0.118. The van der Waals surface area contributed by atoms with E-state index in [0.29, 0.717) is 0 Å². The first kappa shape index (κ1) is 60.4. The van der Waals surface area contributed by atoms with Crippen LogP contribution in [0.1, 0.15) is 77.6 Å². The van der Waals surface area contributed by atoms with E-state index in [1.165, 1.54) is 59.5 Å². The highest BCUT2D eigenvalue weighted by molar-refractivity contribution is 7.20. The third-order valence-electron chi connectivity index (χ3n) is 20.9. The van der Waals surface area contributed by atoms with Crippen molar-refractivity contribution in [3.63, 3.8) is 0 Å². The van der Waals surface area contributed by atoms with Crippen LogP contribution < -0.4 is 30.5 Å². The zero-order chi connectivity index (χ0) is 66.7. The minimum atomic E-state index is -2.89. The van der Waals surface area contributed by atoms with Gasteiger partial charge in [-0.3, -0.25) is 0 Å². The van der Waals surface area contributed by atoms with Crippen molar-refractivity contribution in [1.29, 1.82) is 0 Å². The van der Waals surface area contributed by atoms with Gasteiger partial charge in [0.25, 0.3) is 0 Å². The van der Waals surface area contributed by atoms with Gasteiger partial charge in [0.15, 0.2) is 19.2 Å². The molecule has 0 unspecified atom stereocenters. The van der Waals surface area contributed by atoms with E-state index in [0.717, 1.165) is 106 Å². The van der Waals surface area contributed by atoms with Crippen LogP contribution in [0.15, 0.2) is 324 Å². The number of hydrogen-bond donors (Lipinski definition) is 0.